The first-order valence-corrected chi connectivity index (χ1v) is 9.63. The number of nitrogens with one attached hydrogen (secondary N) is 1. The molecule has 0 unspecified atom stereocenters. The highest BCUT2D eigenvalue weighted by Crippen LogP contribution is 2.32. The van der Waals surface area contributed by atoms with Crippen LogP contribution in [-0.4, -0.2) is 41.3 Å². The molecule has 0 aliphatic carbocycles. The van der Waals surface area contributed by atoms with E-state index in [0.717, 1.165) is 25.3 Å². The van der Waals surface area contributed by atoms with Crippen LogP contribution in [0.25, 0.3) is 0 Å². The normalized spacial score (nSPS) is 10.8. The summed E-state index contributed by atoms with van der Waals surface area (Å²) in [6, 6.07) is 19.7. The fourth-order valence-electron chi connectivity index (χ4n) is 2.64. The number of carboxylic acids is 2. The van der Waals surface area contributed by atoms with Gasteiger partial charge >= 0.3 is 11.9 Å². The Morgan fingerprint density at radius 1 is 0.931 bits per heavy atom. The molecular weight excluding hydrogens is 370 g/mol. The molecule has 2 aromatic carbocycles. The molecule has 0 aliphatic rings. The minimum atomic E-state index is -1.82. The van der Waals surface area contributed by atoms with Crippen molar-refractivity contribution < 1.29 is 24.5 Å². The fraction of sp³-hybridized carbons (Fsp3) is 0.391. The third kappa shape index (κ3) is 8.79. The summed E-state index contributed by atoms with van der Waals surface area (Å²) in [4.78, 5) is 18.2. The van der Waals surface area contributed by atoms with Crippen LogP contribution < -0.4 is 10.1 Å². The molecule has 0 spiro atoms. The summed E-state index contributed by atoms with van der Waals surface area (Å²) in [5.74, 6) is -2.70. The molecule has 0 atom stereocenters. The predicted octanol–water partition coefficient (Wildman–Crippen LogP) is 3.94. The van der Waals surface area contributed by atoms with Gasteiger partial charge in [0.05, 0.1) is 6.61 Å². The standard InChI is InChI=1S/C21H29NO.C2H2O4/c1-17(2)22-15-8-16-23-20-13-11-19(12-14-20)21(3,4)18-9-6-5-7-10-18;3-1(4)2(5)6/h5-7,9-14,17,22H,8,15-16H2,1-4H3;(H,3,4)(H,5,6). The number of ether oxygens (including phenoxy) is 1. The van der Waals surface area contributed by atoms with E-state index in [4.69, 9.17) is 24.5 Å². The lowest BCUT2D eigenvalue weighted by Gasteiger charge is -2.26. The van der Waals surface area contributed by atoms with Gasteiger partial charge in [0, 0.05) is 11.5 Å². The summed E-state index contributed by atoms with van der Waals surface area (Å²) in [6.07, 6.45) is 1.02. The van der Waals surface area contributed by atoms with Crippen molar-refractivity contribution in [2.75, 3.05) is 13.2 Å². The van der Waals surface area contributed by atoms with Crippen LogP contribution in [0.2, 0.25) is 0 Å². The molecule has 0 heterocycles. The van der Waals surface area contributed by atoms with Crippen molar-refractivity contribution in [2.24, 2.45) is 0 Å². The second kappa shape index (κ2) is 11.9. The molecule has 2 rings (SSSR count). The summed E-state index contributed by atoms with van der Waals surface area (Å²) in [6.45, 7) is 10.6. The van der Waals surface area contributed by atoms with Crippen LogP contribution in [-0.2, 0) is 15.0 Å². The van der Waals surface area contributed by atoms with E-state index < -0.39 is 11.9 Å². The average molecular weight is 402 g/mol. The second-order valence-corrected chi connectivity index (χ2v) is 7.44. The Morgan fingerprint density at radius 2 is 1.45 bits per heavy atom. The Labute approximate surface area is 172 Å². The number of carbonyl (C=O) groups is 2. The van der Waals surface area contributed by atoms with Gasteiger partial charge in [-0.15, -0.1) is 0 Å². The maximum absolute atomic E-state index is 9.10. The van der Waals surface area contributed by atoms with Crippen molar-refractivity contribution in [1.29, 1.82) is 0 Å². The van der Waals surface area contributed by atoms with Gasteiger partial charge < -0.3 is 20.3 Å². The van der Waals surface area contributed by atoms with Gasteiger partial charge in [-0.2, -0.15) is 0 Å². The third-order valence-corrected chi connectivity index (χ3v) is 4.40. The molecule has 0 radical (unpaired) electrons. The van der Waals surface area contributed by atoms with Gasteiger partial charge in [-0.25, -0.2) is 9.59 Å². The Kier molecular flexibility index (Phi) is 9.89. The lowest BCUT2D eigenvalue weighted by atomic mass is 9.78. The van der Waals surface area contributed by atoms with Crippen LogP contribution in [0.5, 0.6) is 5.75 Å². The van der Waals surface area contributed by atoms with Crippen molar-refractivity contribution in [3.63, 3.8) is 0 Å². The van der Waals surface area contributed by atoms with Gasteiger partial charge in [-0.05, 0) is 36.2 Å². The Morgan fingerprint density at radius 3 is 1.93 bits per heavy atom. The smallest absolute Gasteiger partial charge is 0.414 e. The summed E-state index contributed by atoms with van der Waals surface area (Å²) in [7, 11) is 0. The molecule has 158 valence electrons. The highest BCUT2D eigenvalue weighted by molar-refractivity contribution is 6.27. The van der Waals surface area contributed by atoms with Crippen LogP contribution in [0.3, 0.4) is 0 Å². The molecule has 0 saturated heterocycles. The first kappa shape index (κ1) is 24.2. The number of rotatable bonds is 8. The quantitative estimate of drug-likeness (QED) is 0.458. The number of carboxylic acid groups (broad SMARTS) is 2. The first-order chi connectivity index (χ1) is 13.6. The van der Waals surface area contributed by atoms with E-state index in [0.29, 0.717) is 6.04 Å². The van der Waals surface area contributed by atoms with Crippen LogP contribution in [0.15, 0.2) is 54.6 Å². The van der Waals surface area contributed by atoms with E-state index >= 15 is 0 Å². The van der Waals surface area contributed by atoms with E-state index in [2.05, 4.69) is 87.6 Å². The van der Waals surface area contributed by atoms with E-state index in [1.165, 1.54) is 11.1 Å². The van der Waals surface area contributed by atoms with Gasteiger partial charge in [-0.1, -0.05) is 70.2 Å². The molecule has 0 fully saturated rings. The van der Waals surface area contributed by atoms with E-state index in [1.54, 1.807) is 0 Å². The van der Waals surface area contributed by atoms with Gasteiger partial charge in [0.25, 0.3) is 0 Å². The van der Waals surface area contributed by atoms with Crippen molar-refractivity contribution in [2.45, 2.75) is 45.6 Å². The molecule has 3 N–H and O–H groups in total. The molecule has 0 amide bonds. The molecule has 6 heteroatoms. The monoisotopic (exact) mass is 401 g/mol. The topological polar surface area (TPSA) is 95.9 Å². The number of hydrogen-bond donors (Lipinski definition) is 3. The summed E-state index contributed by atoms with van der Waals surface area (Å²) < 4.78 is 5.82. The molecule has 0 bridgehead atoms. The molecule has 0 saturated carbocycles. The zero-order valence-electron chi connectivity index (χ0n) is 17.5. The van der Waals surface area contributed by atoms with Crippen molar-refractivity contribution >= 4 is 11.9 Å². The van der Waals surface area contributed by atoms with Gasteiger partial charge in [-0.3, -0.25) is 0 Å². The number of aliphatic carboxylic acids is 2. The summed E-state index contributed by atoms with van der Waals surface area (Å²) >= 11 is 0. The molecular formula is C23H31NO5. The Bertz CT molecular complexity index is 743. The summed E-state index contributed by atoms with van der Waals surface area (Å²) in [5.41, 5.74) is 2.63. The zero-order valence-corrected chi connectivity index (χ0v) is 17.5. The molecule has 29 heavy (non-hydrogen) atoms. The van der Waals surface area contributed by atoms with E-state index in [-0.39, 0.29) is 5.41 Å². The van der Waals surface area contributed by atoms with Crippen LogP contribution in [0.4, 0.5) is 0 Å². The van der Waals surface area contributed by atoms with E-state index in [1.807, 2.05) is 0 Å². The molecule has 0 aliphatic heterocycles. The van der Waals surface area contributed by atoms with E-state index in [9.17, 15) is 0 Å². The van der Waals surface area contributed by atoms with Crippen LogP contribution in [0, 0.1) is 0 Å². The minimum Gasteiger partial charge on any atom is -0.494 e. The summed E-state index contributed by atoms with van der Waals surface area (Å²) in [5, 5.41) is 18.2. The lowest BCUT2D eigenvalue weighted by molar-refractivity contribution is -0.159. The zero-order chi connectivity index (χ0) is 21.9. The molecule has 0 aromatic heterocycles. The fourth-order valence-corrected chi connectivity index (χ4v) is 2.64. The number of hydrogen-bond acceptors (Lipinski definition) is 4. The first-order valence-electron chi connectivity index (χ1n) is 9.63. The van der Waals surface area contributed by atoms with Crippen LogP contribution in [0.1, 0.15) is 45.2 Å². The molecule has 2 aromatic rings. The SMILES string of the molecule is CC(C)NCCCOc1ccc(C(C)(C)c2ccccc2)cc1.O=C(O)C(=O)O. The van der Waals surface area contributed by atoms with Crippen molar-refractivity contribution in [1.82, 2.24) is 5.32 Å². The van der Waals surface area contributed by atoms with Gasteiger partial charge in [0.15, 0.2) is 0 Å². The second-order valence-electron chi connectivity index (χ2n) is 7.44. The number of benzene rings is 2. The van der Waals surface area contributed by atoms with Crippen LogP contribution >= 0.6 is 0 Å². The maximum atomic E-state index is 9.10. The molecule has 6 nitrogen and oxygen atoms in total. The lowest BCUT2D eigenvalue weighted by Crippen LogP contribution is -2.24. The highest BCUT2D eigenvalue weighted by Gasteiger charge is 2.22. The maximum Gasteiger partial charge on any atom is 0.414 e. The Hall–Kier alpha value is -2.86. The van der Waals surface area contributed by atoms with Gasteiger partial charge in [0.2, 0.25) is 0 Å². The highest BCUT2D eigenvalue weighted by atomic mass is 16.5. The predicted molar refractivity (Wildman–Crippen MR) is 114 cm³/mol. The Balaban J connectivity index is 0.000000612. The largest absolute Gasteiger partial charge is 0.494 e. The van der Waals surface area contributed by atoms with Gasteiger partial charge in [0.1, 0.15) is 5.75 Å². The van der Waals surface area contributed by atoms with Crippen molar-refractivity contribution in [3.8, 4) is 5.75 Å². The third-order valence-electron chi connectivity index (χ3n) is 4.40. The minimum absolute atomic E-state index is 0.000967. The average Bonchev–Trinajstić information content (AvgIpc) is 2.69. The van der Waals surface area contributed by atoms with Crippen molar-refractivity contribution in [3.05, 3.63) is 65.7 Å².